The highest BCUT2D eigenvalue weighted by atomic mass is 35.5. The van der Waals surface area contributed by atoms with Crippen molar-refractivity contribution in [1.29, 1.82) is 0 Å². The van der Waals surface area contributed by atoms with E-state index in [9.17, 15) is 5.11 Å². The van der Waals surface area contributed by atoms with Crippen molar-refractivity contribution in [3.05, 3.63) is 42.0 Å². The van der Waals surface area contributed by atoms with E-state index in [-0.39, 0.29) is 24.2 Å². The van der Waals surface area contributed by atoms with Crippen LogP contribution in [-0.2, 0) is 0 Å². The number of para-hydroxylation sites is 1. The lowest BCUT2D eigenvalue weighted by atomic mass is 10.0. The van der Waals surface area contributed by atoms with Crippen LogP contribution >= 0.6 is 12.4 Å². The molecule has 2 nitrogen and oxygen atoms in total. The first-order valence-electron chi connectivity index (χ1n) is 4.29. The van der Waals surface area contributed by atoms with Gasteiger partial charge in [-0.25, -0.2) is 0 Å². The van der Waals surface area contributed by atoms with Crippen molar-refractivity contribution in [2.45, 2.75) is 19.4 Å². The van der Waals surface area contributed by atoms with E-state index in [0.29, 0.717) is 6.42 Å². The van der Waals surface area contributed by atoms with Gasteiger partial charge in [-0.1, -0.05) is 23.8 Å². The predicted molar refractivity (Wildman–Crippen MR) is 61.7 cm³/mol. The Bertz CT molecular complexity index is 312. The first-order chi connectivity index (χ1) is 6.11. The summed E-state index contributed by atoms with van der Waals surface area (Å²) in [6.45, 7) is 5.72. The normalized spacial score (nSPS) is 11.6. The van der Waals surface area contributed by atoms with Gasteiger partial charge in [-0.15, -0.1) is 19.0 Å². The number of hydrogen-bond acceptors (Lipinski definition) is 2. The van der Waals surface area contributed by atoms with Crippen molar-refractivity contribution in [3.63, 3.8) is 0 Å². The lowest BCUT2D eigenvalue weighted by molar-refractivity contribution is 0.461. The maximum absolute atomic E-state index is 9.48. The van der Waals surface area contributed by atoms with Crippen LogP contribution in [0.1, 0.15) is 24.9 Å². The molecular weight excluding hydrogens is 198 g/mol. The van der Waals surface area contributed by atoms with Crippen molar-refractivity contribution in [1.82, 2.24) is 0 Å². The zero-order valence-electron chi connectivity index (χ0n) is 8.23. The first-order valence-corrected chi connectivity index (χ1v) is 4.29. The minimum absolute atomic E-state index is 0. The van der Waals surface area contributed by atoms with Crippen molar-refractivity contribution in [2.75, 3.05) is 0 Å². The largest absolute Gasteiger partial charge is 0.508 e. The number of phenols is 1. The van der Waals surface area contributed by atoms with Gasteiger partial charge in [-0.3, -0.25) is 0 Å². The van der Waals surface area contributed by atoms with Gasteiger partial charge in [0.2, 0.25) is 0 Å². The molecule has 0 amide bonds. The molecule has 0 aliphatic carbocycles. The van der Waals surface area contributed by atoms with Crippen LogP contribution in [0.3, 0.4) is 0 Å². The number of aromatic hydroxyl groups is 1. The van der Waals surface area contributed by atoms with Crippen LogP contribution < -0.4 is 5.73 Å². The Balaban J connectivity index is 0.00000169. The zero-order valence-corrected chi connectivity index (χ0v) is 9.05. The molecular formula is C11H16ClNO. The molecule has 0 heterocycles. The van der Waals surface area contributed by atoms with E-state index < -0.39 is 0 Å². The standard InChI is InChI=1S/C11H15NO.ClH/c1-8(2)7-10(12)9-5-3-4-6-11(9)13;/h3-6,10,13H,1,7,12H2,2H3;1H/t10-;/m0./s1. The van der Waals surface area contributed by atoms with Gasteiger partial charge in [0.25, 0.3) is 0 Å². The summed E-state index contributed by atoms with van der Waals surface area (Å²) in [5.74, 6) is 0.260. The van der Waals surface area contributed by atoms with Gasteiger partial charge >= 0.3 is 0 Å². The Morgan fingerprint density at radius 1 is 1.50 bits per heavy atom. The van der Waals surface area contributed by atoms with E-state index in [2.05, 4.69) is 6.58 Å². The van der Waals surface area contributed by atoms with E-state index in [1.54, 1.807) is 12.1 Å². The van der Waals surface area contributed by atoms with E-state index in [0.717, 1.165) is 11.1 Å². The molecule has 1 aromatic carbocycles. The van der Waals surface area contributed by atoms with Gasteiger partial charge in [0.1, 0.15) is 5.75 Å². The molecule has 3 N–H and O–H groups in total. The second kappa shape index (κ2) is 5.68. The van der Waals surface area contributed by atoms with Crippen LogP contribution in [0.15, 0.2) is 36.4 Å². The smallest absolute Gasteiger partial charge is 0.120 e. The van der Waals surface area contributed by atoms with Gasteiger partial charge in [-0.2, -0.15) is 0 Å². The molecule has 0 fully saturated rings. The maximum atomic E-state index is 9.48. The molecule has 0 aliphatic rings. The molecule has 0 saturated heterocycles. The predicted octanol–water partition coefficient (Wildman–Crippen LogP) is 2.78. The third-order valence-electron chi connectivity index (χ3n) is 1.90. The summed E-state index contributed by atoms with van der Waals surface area (Å²) in [5, 5.41) is 9.48. The molecule has 1 aromatic rings. The van der Waals surface area contributed by atoms with Crippen LogP contribution in [0.2, 0.25) is 0 Å². The van der Waals surface area contributed by atoms with E-state index in [1.807, 2.05) is 19.1 Å². The fourth-order valence-electron chi connectivity index (χ4n) is 1.29. The fraction of sp³-hybridized carbons (Fsp3) is 0.273. The second-order valence-corrected chi connectivity index (χ2v) is 3.33. The Hall–Kier alpha value is -0.990. The van der Waals surface area contributed by atoms with Gasteiger partial charge in [0, 0.05) is 11.6 Å². The van der Waals surface area contributed by atoms with Crippen LogP contribution in [0, 0.1) is 0 Å². The average molecular weight is 214 g/mol. The molecule has 1 atom stereocenters. The number of hydrogen-bond donors (Lipinski definition) is 2. The number of halogens is 1. The Morgan fingerprint density at radius 2 is 2.07 bits per heavy atom. The van der Waals surface area contributed by atoms with Gasteiger partial charge in [0.05, 0.1) is 0 Å². The van der Waals surface area contributed by atoms with E-state index >= 15 is 0 Å². The molecule has 78 valence electrons. The van der Waals surface area contributed by atoms with Crippen molar-refractivity contribution in [2.24, 2.45) is 5.73 Å². The highest BCUT2D eigenvalue weighted by Crippen LogP contribution is 2.25. The van der Waals surface area contributed by atoms with Crippen molar-refractivity contribution < 1.29 is 5.11 Å². The van der Waals surface area contributed by atoms with Crippen LogP contribution in [0.5, 0.6) is 5.75 Å². The minimum Gasteiger partial charge on any atom is -0.508 e. The molecule has 3 heteroatoms. The maximum Gasteiger partial charge on any atom is 0.120 e. The third kappa shape index (κ3) is 3.40. The quantitative estimate of drug-likeness (QED) is 0.759. The average Bonchev–Trinajstić information content (AvgIpc) is 2.03. The summed E-state index contributed by atoms with van der Waals surface area (Å²) in [6, 6.07) is 6.98. The molecule has 1 rings (SSSR count). The summed E-state index contributed by atoms with van der Waals surface area (Å²) >= 11 is 0. The van der Waals surface area contributed by atoms with E-state index in [1.165, 1.54) is 0 Å². The first kappa shape index (κ1) is 13.0. The van der Waals surface area contributed by atoms with Gasteiger partial charge in [0.15, 0.2) is 0 Å². The zero-order chi connectivity index (χ0) is 9.84. The summed E-state index contributed by atoms with van der Waals surface area (Å²) in [5.41, 5.74) is 7.68. The van der Waals surface area contributed by atoms with Gasteiger partial charge < -0.3 is 10.8 Å². The molecule has 0 radical (unpaired) electrons. The number of rotatable bonds is 3. The molecule has 0 saturated carbocycles. The van der Waals surface area contributed by atoms with Crippen LogP contribution in [-0.4, -0.2) is 5.11 Å². The second-order valence-electron chi connectivity index (χ2n) is 3.33. The lowest BCUT2D eigenvalue weighted by Crippen LogP contribution is -2.10. The summed E-state index contributed by atoms with van der Waals surface area (Å²) < 4.78 is 0. The molecule has 0 aromatic heterocycles. The SMILES string of the molecule is C=C(C)C[C@H](N)c1ccccc1O.Cl. The Morgan fingerprint density at radius 3 is 2.57 bits per heavy atom. The Kier molecular flexibility index (Phi) is 5.28. The molecule has 0 spiro atoms. The molecule has 0 bridgehead atoms. The van der Waals surface area contributed by atoms with Crippen molar-refractivity contribution >= 4 is 12.4 Å². The number of phenolic OH excluding ortho intramolecular Hbond substituents is 1. The Labute approximate surface area is 90.9 Å². The lowest BCUT2D eigenvalue weighted by Gasteiger charge is -2.12. The number of nitrogens with two attached hydrogens (primary N) is 1. The van der Waals surface area contributed by atoms with Crippen LogP contribution in [0.4, 0.5) is 0 Å². The highest BCUT2D eigenvalue weighted by Gasteiger charge is 2.09. The topological polar surface area (TPSA) is 46.2 Å². The summed E-state index contributed by atoms with van der Waals surface area (Å²) in [6.07, 6.45) is 0.706. The van der Waals surface area contributed by atoms with Crippen molar-refractivity contribution in [3.8, 4) is 5.75 Å². The minimum atomic E-state index is -0.154. The summed E-state index contributed by atoms with van der Waals surface area (Å²) in [7, 11) is 0. The molecule has 14 heavy (non-hydrogen) atoms. The monoisotopic (exact) mass is 213 g/mol. The van der Waals surface area contributed by atoms with Crippen LogP contribution in [0.25, 0.3) is 0 Å². The van der Waals surface area contributed by atoms with E-state index in [4.69, 9.17) is 5.73 Å². The molecule has 0 unspecified atom stereocenters. The molecule has 0 aliphatic heterocycles. The van der Waals surface area contributed by atoms with Gasteiger partial charge in [-0.05, 0) is 19.4 Å². The third-order valence-corrected chi connectivity index (χ3v) is 1.90. The number of benzene rings is 1. The fourth-order valence-corrected chi connectivity index (χ4v) is 1.29. The summed E-state index contributed by atoms with van der Waals surface area (Å²) in [4.78, 5) is 0. The highest BCUT2D eigenvalue weighted by molar-refractivity contribution is 5.85.